The Morgan fingerprint density at radius 1 is 0.553 bits per heavy atom. The van der Waals surface area contributed by atoms with Crippen molar-refractivity contribution in [2.45, 2.75) is 183 Å². The molecule has 266 valence electrons. The van der Waals surface area contributed by atoms with Crippen molar-refractivity contribution in [3.05, 3.63) is 58.7 Å². The number of phenolic OH excluding ortho intramolecular Hbond substituents is 2. The molecule has 4 nitrogen and oxygen atoms in total. The van der Waals surface area contributed by atoms with Gasteiger partial charge in [-0.1, -0.05) is 159 Å². The van der Waals surface area contributed by atoms with Crippen LogP contribution in [-0.2, 0) is 52.7 Å². The van der Waals surface area contributed by atoms with Gasteiger partial charge in [-0.25, -0.2) is 0 Å². The molecule has 0 atom stereocenters. The number of carbonyl (C=O) groups excluding carboxylic acids is 1. The van der Waals surface area contributed by atoms with Crippen molar-refractivity contribution in [3.8, 4) is 11.5 Å². The maximum atomic E-state index is 10.3. The van der Waals surface area contributed by atoms with Gasteiger partial charge in [-0.3, -0.25) is 6.29 Å². The number of unbranched alkanes of at least 4 members (excludes halogenated alkanes) is 4. The Morgan fingerprint density at radius 2 is 0.830 bits per heavy atom. The van der Waals surface area contributed by atoms with Crippen molar-refractivity contribution in [2.24, 2.45) is 4.99 Å². The Labute approximate surface area is 310 Å². The smallest absolute Gasteiger partial charge is 0.542 e. The van der Waals surface area contributed by atoms with E-state index in [1.165, 1.54) is 12.8 Å². The summed E-state index contributed by atoms with van der Waals surface area (Å²) in [6, 6.07) is 12.1. The van der Waals surface area contributed by atoms with Crippen molar-refractivity contribution in [1.82, 2.24) is 0 Å². The van der Waals surface area contributed by atoms with Crippen LogP contribution < -0.4 is 0 Å². The first-order valence-corrected chi connectivity index (χ1v) is 17.2. The van der Waals surface area contributed by atoms with Gasteiger partial charge in [0, 0.05) is 5.54 Å². The molecule has 0 saturated carbocycles. The number of aromatic hydroxyl groups is 2. The third-order valence-corrected chi connectivity index (χ3v) is 6.99. The van der Waals surface area contributed by atoms with Gasteiger partial charge in [-0.05, 0) is 64.7 Å². The van der Waals surface area contributed by atoms with Crippen molar-refractivity contribution in [3.63, 3.8) is 0 Å². The Bertz CT molecular complexity index is 1030. The van der Waals surface area contributed by atoms with Crippen LogP contribution in [0.1, 0.15) is 178 Å². The van der Waals surface area contributed by atoms with E-state index in [-0.39, 0.29) is 53.4 Å². The van der Waals surface area contributed by atoms with Crippen molar-refractivity contribution >= 4 is 12.5 Å². The second-order valence-electron chi connectivity index (χ2n) is 17.2. The molecule has 2 aromatic rings. The number of hydrogen-bond donors (Lipinski definition) is 2. The van der Waals surface area contributed by atoms with Gasteiger partial charge < -0.3 is 26.2 Å². The normalized spacial score (nSPS) is 12.0. The van der Waals surface area contributed by atoms with Crippen molar-refractivity contribution in [1.29, 1.82) is 0 Å². The quantitative estimate of drug-likeness (QED) is 0.177. The van der Waals surface area contributed by atoms with Gasteiger partial charge in [0.2, 0.25) is 0 Å². The fourth-order valence-corrected chi connectivity index (χ4v) is 4.31. The Balaban J connectivity index is -0.000000573. The minimum atomic E-state index is -0.00859. The molecule has 0 aromatic heterocycles. The zero-order chi connectivity index (χ0) is 36.6. The monoisotopic (exact) mass is 727 g/mol. The van der Waals surface area contributed by atoms with Gasteiger partial charge in [0.15, 0.2) is 0 Å². The van der Waals surface area contributed by atoms with Crippen LogP contribution in [-0.4, -0.2) is 28.3 Å². The standard InChI is InChI=1S/2C14H22O.C9H18N.C5H9O.Zr/c2*1-13(2,3)10-8-7-9-11(12(10)15)14(4,5)6;1-5-6-7-8-10-9(2,3)4;1-2-3-4-5-6;/h2*7-9,15H,1-6H3;5-7H2,1-4H3;2-4H2,1H3;/q;;2*-1;+2. The van der Waals surface area contributed by atoms with E-state index < -0.39 is 0 Å². The Hall–Kier alpha value is -1.74. The first-order valence-electron chi connectivity index (χ1n) is 17.2. The number of para-hydroxylation sites is 2. The van der Waals surface area contributed by atoms with Crippen LogP contribution in [0, 0.1) is 0 Å². The molecule has 2 N–H and O–H groups in total. The summed E-state index contributed by atoms with van der Waals surface area (Å²) >= 11 is 0. The number of phenols is 2. The van der Waals surface area contributed by atoms with Crippen LogP contribution in [0.5, 0.6) is 11.5 Å². The number of benzene rings is 2. The van der Waals surface area contributed by atoms with Gasteiger partial charge in [0.05, 0.1) is 0 Å². The molecule has 0 saturated heterocycles. The molecule has 0 heterocycles. The molecule has 0 unspecified atom stereocenters. The third-order valence-electron chi connectivity index (χ3n) is 6.99. The molecule has 2 rings (SSSR count). The third kappa shape index (κ3) is 21.8. The summed E-state index contributed by atoms with van der Waals surface area (Å²) in [6.45, 7) is 35.9. The van der Waals surface area contributed by atoms with Gasteiger partial charge in [-0.2, -0.15) is 12.8 Å². The molecule has 0 aliphatic rings. The second kappa shape index (κ2) is 22.1. The zero-order valence-electron chi connectivity index (χ0n) is 33.5. The predicted octanol–water partition coefficient (Wildman–Crippen LogP) is 12.2. The van der Waals surface area contributed by atoms with E-state index in [1.807, 2.05) is 42.7 Å². The predicted molar refractivity (Wildman–Crippen MR) is 203 cm³/mol. The summed E-state index contributed by atoms with van der Waals surface area (Å²) < 4.78 is 0. The number of aliphatic imine (C=N–C) groups is 1. The molecule has 5 heteroatoms. The van der Waals surface area contributed by atoms with Crippen LogP contribution in [0.4, 0.5) is 0 Å². The van der Waals surface area contributed by atoms with E-state index in [1.54, 1.807) is 0 Å². The van der Waals surface area contributed by atoms with E-state index in [0.717, 1.165) is 41.5 Å². The maximum Gasteiger partial charge on any atom is 2.00 e. The Kier molecular flexibility index (Phi) is 23.3. The first kappa shape index (κ1) is 49.6. The van der Waals surface area contributed by atoms with Crippen molar-refractivity contribution in [2.75, 3.05) is 0 Å². The number of rotatable bonds is 6. The van der Waals surface area contributed by atoms with E-state index >= 15 is 0 Å². The largest absolute Gasteiger partial charge is 2.00 e. The molecule has 47 heavy (non-hydrogen) atoms. The van der Waals surface area contributed by atoms with Crippen LogP contribution in [0.25, 0.3) is 0 Å². The zero-order valence-corrected chi connectivity index (χ0v) is 35.9. The molecular weight excluding hydrogens is 658 g/mol. The molecule has 0 fully saturated rings. The van der Waals surface area contributed by atoms with Gasteiger partial charge in [-0.15, -0.1) is 0 Å². The molecule has 0 spiro atoms. The molecule has 0 amide bonds. The van der Waals surface area contributed by atoms with Gasteiger partial charge in [0.25, 0.3) is 0 Å². The molecule has 0 aliphatic carbocycles. The molecule has 2 aromatic carbocycles. The summed E-state index contributed by atoms with van der Waals surface area (Å²) in [5.41, 5.74) is 4.12. The van der Waals surface area contributed by atoms with Gasteiger partial charge >= 0.3 is 26.2 Å². The molecule has 0 radical (unpaired) electrons. The fraction of sp³-hybridized carbons (Fsp3) is 0.667. The Morgan fingerprint density at radius 3 is 1.02 bits per heavy atom. The van der Waals surface area contributed by atoms with Crippen LogP contribution in [0.15, 0.2) is 41.4 Å². The average Bonchev–Trinajstić information content (AvgIpc) is 2.88. The number of nitrogens with zero attached hydrogens (tertiary/aromatic N) is 1. The van der Waals surface area contributed by atoms with Gasteiger partial charge in [0.1, 0.15) is 11.5 Å². The fourth-order valence-electron chi connectivity index (χ4n) is 4.31. The van der Waals surface area contributed by atoms with Crippen LogP contribution in [0.3, 0.4) is 0 Å². The summed E-state index contributed by atoms with van der Waals surface area (Å²) in [7, 11) is 0. The average molecular weight is 729 g/mol. The topological polar surface area (TPSA) is 69.9 Å². The first-order chi connectivity index (χ1) is 20.8. The van der Waals surface area contributed by atoms with E-state index in [0.29, 0.717) is 17.9 Å². The van der Waals surface area contributed by atoms with Crippen LogP contribution >= 0.6 is 0 Å². The van der Waals surface area contributed by atoms with Crippen molar-refractivity contribution < 1.29 is 41.2 Å². The summed E-state index contributed by atoms with van der Waals surface area (Å²) in [6.07, 6.45) is 11.0. The SMILES string of the molecule is CC(C)(C)c1cccc(C(C)(C)C)c1O.CC(C)(C)c1cccc(C(C)(C)C)c1O.CCCC[C-]=NC(C)(C)C.CCCC[C-]=O.[Zr+2]. The summed E-state index contributed by atoms with van der Waals surface area (Å²) in [4.78, 5) is 13.7. The minimum Gasteiger partial charge on any atom is -0.542 e. The number of hydrogen-bond acceptors (Lipinski definition) is 4. The molecule has 0 aliphatic heterocycles. The molecular formula is C42H71NO3Zr. The molecule has 0 bridgehead atoms. The summed E-state index contributed by atoms with van der Waals surface area (Å²) in [5.74, 6) is 0.912. The van der Waals surface area contributed by atoms with Crippen LogP contribution in [0.2, 0.25) is 0 Å². The minimum absolute atomic E-state index is 0. The van der Waals surface area contributed by atoms with E-state index in [4.69, 9.17) is 0 Å². The second-order valence-corrected chi connectivity index (χ2v) is 17.2. The van der Waals surface area contributed by atoms with E-state index in [2.05, 4.69) is 129 Å². The van der Waals surface area contributed by atoms with E-state index in [9.17, 15) is 15.0 Å². The summed E-state index contributed by atoms with van der Waals surface area (Å²) in [5, 5.41) is 20.5. The maximum absolute atomic E-state index is 10.3.